The predicted octanol–water partition coefficient (Wildman–Crippen LogP) is 4.43. The summed E-state index contributed by atoms with van der Waals surface area (Å²) in [5.41, 5.74) is 2.69. The van der Waals surface area contributed by atoms with Gasteiger partial charge in [0.2, 0.25) is 36.9 Å². The van der Waals surface area contributed by atoms with Gasteiger partial charge in [0.05, 0.1) is 37.4 Å². The van der Waals surface area contributed by atoms with Crippen LogP contribution in [0.15, 0.2) is 22.1 Å². The van der Waals surface area contributed by atoms with Crippen molar-refractivity contribution in [3.63, 3.8) is 0 Å². The minimum atomic E-state index is 0.0294. The zero-order valence-electron chi connectivity index (χ0n) is 22.5. The maximum Gasteiger partial charge on any atom is 0.231 e. The van der Waals surface area contributed by atoms with Crippen LogP contribution in [0.1, 0.15) is 38.8 Å². The normalized spacial score (nSPS) is 20.9. The van der Waals surface area contributed by atoms with E-state index >= 15 is 0 Å². The van der Waals surface area contributed by atoms with Crippen LogP contribution in [0.25, 0.3) is 11.1 Å². The number of rotatable bonds is 7. The molecule has 202 valence electrons. The van der Waals surface area contributed by atoms with E-state index in [0.717, 1.165) is 0 Å². The lowest BCUT2D eigenvalue weighted by Crippen LogP contribution is -2.13. The zero-order valence-corrected chi connectivity index (χ0v) is 22.5. The molecular formula is C28H32N2O8. The van der Waals surface area contributed by atoms with Crippen molar-refractivity contribution in [1.29, 1.82) is 0 Å². The first-order valence-electron chi connectivity index (χ1n) is 12.8. The molecule has 4 heterocycles. The Morgan fingerprint density at radius 3 is 1.42 bits per heavy atom. The third-order valence-electron chi connectivity index (χ3n) is 7.25. The third kappa shape index (κ3) is 3.85. The summed E-state index contributed by atoms with van der Waals surface area (Å²) in [5, 5.41) is 0. The van der Waals surface area contributed by atoms with Gasteiger partial charge < -0.3 is 37.9 Å². The van der Waals surface area contributed by atoms with Crippen LogP contribution in [0, 0.1) is 11.8 Å². The summed E-state index contributed by atoms with van der Waals surface area (Å²) in [5.74, 6) is 4.64. The summed E-state index contributed by atoms with van der Waals surface area (Å²) in [6, 6.07) is 3.82. The molecule has 6 rings (SSSR count). The maximum absolute atomic E-state index is 6.15. The van der Waals surface area contributed by atoms with Gasteiger partial charge in [-0.25, -0.2) is 9.98 Å². The van der Waals surface area contributed by atoms with E-state index in [1.54, 1.807) is 14.2 Å². The number of hydrogen-bond acceptors (Lipinski definition) is 10. The zero-order chi connectivity index (χ0) is 26.6. The van der Waals surface area contributed by atoms with E-state index in [0.29, 0.717) is 93.6 Å². The molecule has 0 bridgehead atoms. The van der Waals surface area contributed by atoms with Crippen LogP contribution in [0.3, 0.4) is 0 Å². The Labute approximate surface area is 221 Å². The minimum absolute atomic E-state index is 0.0294. The Balaban J connectivity index is 1.67. The highest BCUT2D eigenvalue weighted by Gasteiger charge is 2.38. The molecule has 0 saturated heterocycles. The van der Waals surface area contributed by atoms with Crippen LogP contribution < -0.4 is 28.4 Å². The Bertz CT molecular complexity index is 1230. The lowest BCUT2D eigenvalue weighted by atomic mass is 9.91. The summed E-state index contributed by atoms with van der Waals surface area (Å²) in [6.07, 6.45) is 0. The van der Waals surface area contributed by atoms with Crippen molar-refractivity contribution in [2.24, 2.45) is 21.8 Å². The topological polar surface area (TPSA) is 98.6 Å². The van der Waals surface area contributed by atoms with Crippen LogP contribution in [-0.4, -0.2) is 64.9 Å². The third-order valence-corrected chi connectivity index (χ3v) is 7.25. The van der Waals surface area contributed by atoms with Gasteiger partial charge in [-0.1, -0.05) is 27.7 Å². The highest BCUT2D eigenvalue weighted by molar-refractivity contribution is 6.11. The van der Waals surface area contributed by atoms with Crippen LogP contribution in [0.5, 0.6) is 34.5 Å². The van der Waals surface area contributed by atoms with Gasteiger partial charge in [-0.3, -0.25) is 0 Å². The summed E-state index contributed by atoms with van der Waals surface area (Å²) in [7, 11) is 3.19. The fraction of sp³-hybridized carbons (Fsp3) is 0.500. The molecule has 10 heteroatoms. The van der Waals surface area contributed by atoms with E-state index in [4.69, 9.17) is 47.9 Å². The van der Waals surface area contributed by atoms with Crippen LogP contribution >= 0.6 is 0 Å². The molecule has 2 atom stereocenters. The molecule has 0 aromatic heterocycles. The lowest BCUT2D eigenvalue weighted by Gasteiger charge is -2.21. The average molecular weight is 525 g/mol. The Morgan fingerprint density at radius 1 is 0.658 bits per heavy atom. The minimum Gasteiger partial charge on any atom is -0.492 e. The molecule has 38 heavy (non-hydrogen) atoms. The quantitative estimate of drug-likeness (QED) is 0.525. The summed E-state index contributed by atoms with van der Waals surface area (Å²) < 4.78 is 47.5. The molecule has 0 radical (unpaired) electrons. The standard InChI is InChI=1S/C28H32N2O8/c1-13(2)17-9-33-27(29-17)15-7-19-23(37-11-35-19)25(31-5)21(15)22-16(28-30-18(10-34-28)14(3)4)8-20-24(26(22)32-6)38-12-36-20/h7-8,13-14,17-18H,9-12H2,1-6H3/t17-,18-/m0/s1. The van der Waals surface area contributed by atoms with Crippen molar-refractivity contribution in [3.05, 3.63) is 23.3 Å². The number of aliphatic imine (C=N–C) groups is 2. The van der Waals surface area contributed by atoms with E-state index in [1.165, 1.54) is 0 Å². The van der Waals surface area contributed by atoms with Gasteiger partial charge >= 0.3 is 0 Å². The molecular weight excluding hydrogens is 492 g/mol. The molecule has 4 aliphatic heterocycles. The molecule has 2 aromatic rings. The van der Waals surface area contributed by atoms with Crippen LogP contribution in [0.4, 0.5) is 0 Å². The van der Waals surface area contributed by atoms with Crippen molar-refractivity contribution >= 4 is 11.8 Å². The molecule has 2 aromatic carbocycles. The maximum atomic E-state index is 6.15. The fourth-order valence-electron chi connectivity index (χ4n) is 5.00. The number of fused-ring (bicyclic) bond motifs is 2. The van der Waals surface area contributed by atoms with Gasteiger partial charge in [0.25, 0.3) is 0 Å². The highest BCUT2D eigenvalue weighted by atomic mass is 16.7. The second-order valence-corrected chi connectivity index (χ2v) is 10.2. The van der Waals surface area contributed by atoms with Crippen LogP contribution in [-0.2, 0) is 9.47 Å². The number of benzene rings is 2. The molecule has 10 nitrogen and oxygen atoms in total. The largest absolute Gasteiger partial charge is 0.492 e. The van der Waals surface area contributed by atoms with E-state index < -0.39 is 0 Å². The van der Waals surface area contributed by atoms with Gasteiger partial charge in [-0.15, -0.1) is 0 Å². The molecule has 0 N–H and O–H groups in total. The van der Waals surface area contributed by atoms with Gasteiger partial charge in [0, 0.05) is 11.1 Å². The van der Waals surface area contributed by atoms with Gasteiger partial charge in [-0.05, 0) is 24.0 Å². The SMILES string of the molecule is COc1c2c(cc(C3=N[C@H](C(C)C)CO3)c1-c1c(C3=N[C@H](C(C)C)CO3)cc3c(c1OC)OCO3)OCO2. The van der Waals surface area contributed by atoms with Crippen molar-refractivity contribution in [2.45, 2.75) is 39.8 Å². The molecule has 0 saturated carbocycles. The van der Waals surface area contributed by atoms with Gasteiger partial charge in [-0.2, -0.15) is 0 Å². The first-order valence-corrected chi connectivity index (χ1v) is 12.8. The summed E-state index contributed by atoms with van der Waals surface area (Å²) in [6.45, 7) is 9.63. The van der Waals surface area contributed by atoms with Crippen molar-refractivity contribution < 1.29 is 37.9 Å². The Hall–Kier alpha value is -3.82. The Kier molecular flexibility index (Phi) is 6.12. The molecule has 0 amide bonds. The van der Waals surface area contributed by atoms with Crippen molar-refractivity contribution in [3.8, 4) is 45.6 Å². The average Bonchev–Trinajstić information content (AvgIpc) is 3.72. The second kappa shape index (κ2) is 9.49. The summed E-state index contributed by atoms with van der Waals surface area (Å²) >= 11 is 0. The summed E-state index contributed by atoms with van der Waals surface area (Å²) in [4.78, 5) is 9.84. The number of hydrogen-bond donors (Lipinski definition) is 0. The first-order chi connectivity index (χ1) is 18.4. The first kappa shape index (κ1) is 24.5. The van der Waals surface area contributed by atoms with Gasteiger partial charge in [0.15, 0.2) is 23.0 Å². The second-order valence-electron chi connectivity index (χ2n) is 10.2. The van der Waals surface area contributed by atoms with E-state index in [1.807, 2.05) is 12.1 Å². The lowest BCUT2D eigenvalue weighted by molar-refractivity contribution is 0.171. The smallest absolute Gasteiger partial charge is 0.231 e. The highest BCUT2D eigenvalue weighted by Crippen LogP contribution is 2.56. The molecule has 0 spiro atoms. The fourth-order valence-corrected chi connectivity index (χ4v) is 5.00. The number of nitrogens with zero attached hydrogens (tertiary/aromatic N) is 2. The molecule has 0 fully saturated rings. The van der Waals surface area contributed by atoms with E-state index in [-0.39, 0.29) is 25.7 Å². The molecule has 4 aliphatic rings. The monoisotopic (exact) mass is 524 g/mol. The molecule has 0 aliphatic carbocycles. The predicted molar refractivity (Wildman–Crippen MR) is 139 cm³/mol. The van der Waals surface area contributed by atoms with Crippen molar-refractivity contribution in [2.75, 3.05) is 41.0 Å². The number of methoxy groups -OCH3 is 2. The van der Waals surface area contributed by atoms with E-state index in [9.17, 15) is 0 Å². The van der Waals surface area contributed by atoms with Gasteiger partial charge in [0.1, 0.15) is 13.2 Å². The van der Waals surface area contributed by atoms with E-state index in [2.05, 4.69) is 27.7 Å². The Morgan fingerprint density at radius 2 is 1.08 bits per heavy atom. The number of ether oxygens (including phenoxy) is 8. The van der Waals surface area contributed by atoms with Crippen LogP contribution in [0.2, 0.25) is 0 Å². The van der Waals surface area contributed by atoms with Crippen molar-refractivity contribution in [1.82, 2.24) is 0 Å². The molecule has 0 unspecified atom stereocenters.